The van der Waals surface area contributed by atoms with Gasteiger partial charge in [0.1, 0.15) is 6.10 Å². The van der Waals surface area contributed by atoms with Gasteiger partial charge in [-0.05, 0) is 25.7 Å². The van der Waals surface area contributed by atoms with Crippen molar-refractivity contribution in [3.05, 3.63) is 24.3 Å². The molecular weight excluding hydrogens is 280 g/mol. The summed E-state index contributed by atoms with van der Waals surface area (Å²) in [5.74, 6) is -0.396. The fourth-order valence-corrected chi connectivity index (χ4v) is 2.91. The second kappa shape index (κ2) is 9.11. The number of ether oxygens (including phenoxy) is 1. The van der Waals surface area contributed by atoms with Gasteiger partial charge in [-0.2, -0.15) is 0 Å². The summed E-state index contributed by atoms with van der Waals surface area (Å²) in [6.07, 6.45) is 7.72. The summed E-state index contributed by atoms with van der Waals surface area (Å²) in [7, 11) is 0. The summed E-state index contributed by atoms with van der Waals surface area (Å²) in [5.41, 5.74) is 0. The maximum absolute atomic E-state index is 11.4. The van der Waals surface area contributed by atoms with Gasteiger partial charge >= 0.3 is 5.97 Å². The van der Waals surface area contributed by atoms with Crippen molar-refractivity contribution in [2.45, 2.75) is 65.3 Å². The first-order valence-electron chi connectivity index (χ1n) is 8.26. The fraction of sp³-hybridized carbons (Fsp3) is 0.722. The van der Waals surface area contributed by atoms with E-state index in [0.717, 1.165) is 12.8 Å². The first kappa shape index (κ1) is 18.9. The van der Waals surface area contributed by atoms with Crippen LogP contribution in [0.3, 0.4) is 0 Å². The molecule has 0 aromatic heterocycles. The number of allylic oxidation sites excluding steroid dienone is 2. The average Bonchev–Trinajstić information content (AvgIpc) is 2.51. The molecule has 0 aromatic carbocycles. The van der Waals surface area contributed by atoms with Crippen LogP contribution in [0.4, 0.5) is 0 Å². The van der Waals surface area contributed by atoms with Crippen LogP contribution < -0.4 is 0 Å². The van der Waals surface area contributed by atoms with Gasteiger partial charge in [0.15, 0.2) is 0 Å². The first-order chi connectivity index (χ1) is 10.4. The van der Waals surface area contributed by atoms with E-state index in [1.807, 2.05) is 45.9 Å². The molecule has 0 spiro atoms. The van der Waals surface area contributed by atoms with Crippen LogP contribution in [0.25, 0.3) is 0 Å². The number of rotatable bonds is 8. The van der Waals surface area contributed by atoms with Crippen molar-refractivity contribution in [1.29, 1.82) is 0 Å². The lowest BCUT2D eigenvalue weighted by molar-refractivity contribution is -0.149. The zero-order valence-corrected chi connectivity index (χ0v) is 14.1. The van der Waals surface area contributed by atoms with Crippen LogP contribution in [0.15, 0.2) is 24.3 Å². The number of aliphatic hydroxyl groups excluding tert-OH is 2. The topological polar surface area (TPSA) is 66.8 Å². The Morgan fingerprint density at radius 3 is 2.64 bits per heavy atom. The molecule has 6 unspecified atom stereocenters. The molecule has 0 bridgehead atoms. The molecule has 126 valence electrons. The highest BCUT2D eigenvalue weighted by Crippen LogP contribution is 2.27. The van der Waals surface area contributed by atoms with Crippen molar-refractivity contribution in [2.75, 3.05) is 0 Å². The normalized spacial score (nSPS) is 27.5. The number of hydrogen-bond donors (Lipinski definition) is 2. The minimum Gasteiger partial charge on any atom is -0.458 e. The maximum Gasteiger partial charge on any atom is 0.330 e. The van der Waals surface area contributed by atoms with Gasteiger partial charge in [-0.3, -0.25) is 0 Å². The van der Waals surface area contributed by atoms with Crippen LogP contribution >= 0.6 is 0 Å². The van der Waals surface area contributed by atoms with Crippen molar-refractivity contribution in [2.24, 2.45) is 17.8 Å². The molecule has 0 fully saturated rings. The van der Waals surface area contributed by atoms with Gasteiger partial charge in [0.25, 0.3) is 0 Å². The Bertz CT molecular complexity index is 402. The molecule has 0 amide bonds. The van der Waals surface area contributed by atoms with E-state index in [2.05, 4.69) is 0 Å². The molecule has 1 aliphatic rings. The smallest absolute Gasteiger partial charge is 0.330 e. The van der Waals surface area contributed by atoms with E-state index in [9.17, 15) is 15.0 Å². The van der Waals surface area contributed by atoms with E-state index < -0.39 is 12.2 Å². The minimum atomic E-state index is -0.693. The van der Waals surface area contributed by atoms with Crippen molar-refractivity contribution >= 4 is 5.97 Å². The van der Waals surface area contributed by atoms with E-state index in [1.165, 1.54) is 6.08 Å². The van der Waals surface area contributed by atoms with Gasteiger partial charge in [-0.25, -0.2) is 4.79 Å². The molecule has 4 nitrogen and oxygen atoms in total. The number of aliphatic hydroxyl groups is 2. The van der Waals surface area contributed by atoms with Crippen molar-refractivity contribution < 1.29 is 19.7 Å². The van der Waals surface area contributed by atoms with Crippen LogP contribution in [0, 0.1) is 17.8 Å². The quantitative estimate of drug-likeness (QED) is 0.534. The number of carbonyl (C=O) groups excluding carboxylic acids is 1. The summed E-state index contributed by atoms with van der Waals surface area (Å²) in [6.45, 7) is 7.81. The van der Waals surface area contributed by atoms with E-state index in [4.69, 9.17) is 4.74 Å². The van der Waals surface area contributed by atoms with Gasteiger partial charge in [0, 0.05) is 24.3 Å². The molecular formula is C18H30O4. The Morgan fingerprint density at radius 1 is 1.36 bits per heavy atom. The molecule has 1 heterocycles. The van der Waals surface area contributed by atoms with Crippen molar-refractivity contribution in [3.8, 4) is 0 Å². The van der Waals surface area contributed by atoms with Crippen LogP contribution in [0.2, 0.25) is 0 Å². The summed E-state index contributed by atoms with van der Waals surface area (Å²) < 4.78 is 5.34. The molecule has 6 atom stereocenters. The Balaban J connectivity index is 2.60. The minimum absolute atomic E-state index is 0.0802. The standard InChI is InChI=1S/C18H30O4/c1-5-7-8-12(3)18(21)13(4)15(19)11-16-14(6-2)9-10-17(20)22-16/h5,7,9-10,12-16,18-19,21H,6,8,11H2,1-4H3. The second-order valence-corrected chi connectivity index (χ2v) is 6.34. The zero-order valence-electron chi connectivity index (χ0n) is 14.1. The van der Waals surface area contributed by atoms with E-state index >= 15 is 0 Å². The number of hydrogen-bond acceptors (Lipinski definition) is 4. The molecule has 0 aliphatic carbocycles. The summed E-state index contributed by atoms with van der Waals surface area (Å²) in [6, 6.07) is 0. The predicted molar refractivity (Wildman–Crippen MR) is 87.2 cm³/mol. The first-order valence-corrected chi connectivity index (χ1v) is 8.26. The molecule has 0 aromatic rings. The fourth-order valence-electron chi connectivity index (χ4n) is 2.91. The van der Waals surface area contributed by atoms with Crippen LogP contribution in [0.5, 0.6) is 0 Å². The molecule has 1 aliphatic heterocycles. The highest BCUT2D eigenvalue weighted by molar-refractivity contribution is 5.82. The summed E-state index contributed by atoms with van der Waals surface area (Å²) >= 11 is 0. The SMILES string of the molecule is CC=CCC(C)C(O)C(C)C(O)CC1OC(=O)C=CC1CC. The van der Waals surface area contributed by atoms with Crippen LogP contribution in [-0.4, -0.2) is 34.5 Å². The second-order valence-electron chi connectivity index (χ2n) is 6.34. The molecule has 1 rings (SSSR count). The average molecular weight is 310 g/mol. The van der Waals surface area contributed by atoms with Gasteiger partial charge in [0.05, 0.1) is 12.2 Å². The largest absolute Gasteiger partial charge is 0.458 e. The van der Waals surface area contributed by atoms with Gasteiger partial charge in [0.2, 0.25) is 0 Å². The maximum atomic E-state index is 11.4. The number of esters is 1. The van der Waals surface area contributed by atoms with Gasteiger partial charge in [-0.1, -0.05) is 39.0 Å². The van der Waals surface area contributed by atoms with Gasteiger partial charge in [-0.15, -0.1) is 0 Å². The highest BCUT2D eigenvalue weighted by atomic mass is 16.5. The molecule has 0 saturated carbocycles. The molecule has 0 saturated heterocycles. The van der Waals surface area contributed by atoms with Crippen molar-refractivity contribution in [1.82, 2.24) is 0 Å². The van der Waals surface area contributed by atoms with E-state index in [0.29, 0.717) is 6.42 Å². The zero-order chi connectivity index (χ0) is 16.7. The Kier molecular flexibility index (Phi) is 7.83. The third kappa shape index (κ3) is 5.25. The van der Waals surface area contributed by atoms with Crippen LogP contribution in [-0.2, 0) is 9.53 Å². The molecule has 22 heavy (non-hydrogen) atoms. The third-order valence-corrected chi connectivity index (χ3v) is 4.64. The Morgan fingerprint density at radius 2 is 2.05 bits per heavy atom. The summed E-state index contributed by atoms with van der Waals surface area (Å²) in [4.78, 5) is 11.4. The Hall–Kier alpha value is -1.13. The lowest BCUT2D eigenvalue weighted by Crippen LogP contribution is -2.39. The van der Waals surface area contributed by atoms with Crippen LogP contribution in [0.1, 0.15) is 47.0 Å². The Labute approximate surface area is 133 Å². The molecule has 0 radical (unpaired) electrons. The predicted octanol–water partition coefficient (Wildman–Crippen LogP) is 2.84. The molecule has 4 heteroatoms. The number of carbonyl (C=O) groups is 1. The number of cyclic esters (lactones) is 1. The van der Waals surface area contributed by atoms with E-state index in [1.54, 1.807) is 0 Å². The van der Waals surface area contributed by atoms with Crippen molar-refractivity contribution in [3.63, 3.8) is 0 Å². The molecule has 2 N–H and O–H groups in total. The van der Waals surface area contributed by atoms with Gasteiger partial charge < -0.3 is 14.9 Å². The summed E-state index contributed by atoms with van der Waals surface area (Å²) in [5, 5.41) is 20.8. The third-order valence-electron chi connectivity index (χ3n) is 4.64. The highest BCUT2D eigenvalue weighted by Gasteiger charge is 2.32. The lowest BCUT2D eigenvalue weighted by Gasteiger charge is -2.33. The van der Waals surface area contributed by atoms with E-state index in [-0.39, 0.29) is 29.8 Å². The lowest BCUT2D eigenvalue weighted by atomic mass is 9.83. The monoisotopic (exact) mass is 310 g/mol.